The van der Waals surface area contributed by atoms with Gasteiger partial charge in [0.05, 0.1) is 38.5 Å². The van der Waals surface area contributed by atoms with Crippen molar-refractivity contribution in [1.29, 1.82) is 0 Å². The average Bonchev–Trinajstić information content (AvgIpc) is 1.13. The molecule has 0 saturated carbocycles. The van der Waals surface area contributed by atoms with E-state index in [9.17, 15) is 36.7 Å². The molecule has 0 amide bonds. The number of rotatable bonds is 15. The number of ketones is 3. The van der Waals surface area contributed by atoms with Crippen molar-refractivity contribution in [2.45, 2.75) is 57.8 Å². The predicted octanol–water partition coefficient (Wildman–Crippen LogP) is 25.5. The number of aromatic nitrogens is 5. The Labute approximate surface area is 992 Å². The Morgan fingerprint density at radius 2 is 0.715 bits per heavy atom. The molecule has 782 valence electrons. The normalized spacial score (nSPS) is 9.68. The minimum atomic E-state index is -0.990. The van der Waals surface area contributed by atoms with Crippen LogP contribution in [0.1, 0.15) is 58.5 Å². The van der Waals surface area contributed by atoms with Gasteiger partial charge in [-0.05, 0) is 158 Å². The number of carboxylic acid groups (broad SMARTS) is 1. The number of allylic oxidation sites excluding steroid dienone is 6. The number of nitrogens with zero attached hydrogens (tertiary/aromatic N) is 5. The Bertz CT molecular complexity index is 5970. The number of thiophene rings is 1. The van der Waals surface area contributed by atoms with E-state index in [1.165, 1.54) is 114 Å². The number of aliphatic hydroxyl groups excluding tert-OH is 3. The molecule has 0 saturated heterocycles. The molecule has 17 aromatic rings. The van der Waals surface area contributed by atoms with Crippen LogP contribution in [0.5, 0.6) is 0 Å². The molecule has 32 heteroatoms. The van der Waals surface area contributed by atoms with Gasteiger partial charge in [0.2, 0.25) is 0 Å². The van der Waals surface area contributed by atoms with Gasteiger partial charge < -0.3 is 105 Å². The fourth-order valence-electron chi connectivity index (χ4n) is 11.3. The van der Waals surface area contributed by atoms with Crippen molar-refractivity contribution in [2.75, 3.05) is 23.8 Å². The van der Waals surface area contributed by atoms with Crippen LogP contribution >= 0.6 is 27.2 Å². The van der Waals surface area contributed by atoms with Crippen molar-refractivity contribution in [3.63, 3.8) is 0 Å². The number of carbonyl (C=O) groups excluding carboxylic acids is 3. The molecule has 13 nitrogen and oxygen atoms in total. The second-order valence-electron chi connectivity index (χ2n) is 28.1. The zero-order chi connectivity index (χ0) is 99.0. The molecule has 11 aromatic carbocycles. The minimum Gasteiger partial charge on any atom is -0.793 e. The molecule has 0 aliphatic carbocycles. The number of pyridine rings is 5. The van der Waals surface area contributed by atoms with Crippen molar-refractivity contribution in [3.8, 4) is 33.1 Å². The van der Waals surface area contributed by atoms with Crippen LogP contribution in [-0.2, 0) is 239 Å². The largest absolute Gasteiger partial charge is 1.00 e. The summed E-state index contributed by atoms with van der Waals surface area (Å²) in [7, 11) is -1.30. The van der Waals surface area contributed by atoms with Gasteiger partial charge in [-0.15, -0.1) is 82.9 Å². The number of aromatic carboxylic acids is 1. The van der Waals surface area contributed by atoms with Crippen molar-refractivity contribution in [2.24, 2.45) is 0 Å². The first kappa shape index (κ1) is 142. The van der Waals surface area contributed by atoms with Gasteiger partial charge in [-0.25, -0.2) is 21.1 Å². The Hall–Kier alpha value is -7.82. The quantitative estimate of drug-likeness (QED) is 0.0110. The topological polar surface area (TPSA) is 214 Å². The molecule has 0 atom stereocenters. The standard InChI is InChI=1S/2C14H14P.C13H8NS.C13H8N.2C11H6F2N.C6H5NO2.2C6H6S.3C5H8O2.C3H8S2.4Au.4Pt/c2*1-2-15(13-9-5-3-6-10-13)14-11-7-4-8-12-14;1-2-7-12-10(5-1)9-13(15-12)11-6-3-4-8-14-11;1-2-6-12-10(4-1)7-8-11-5-3-9-14-13(11)12;2*12-8-4-5-9(10(13)7-8)11-3-1-2-6-14-11;8-6(9)5-3-1-2-4-7-5;2*7-6-4-2-1-3-5-6;3*1-4(6)3-5(2)7;4-2-1-3-5;;;;;;;;/h2*3-12H,1-2H2;1-8H;1-5,7-9H;2*1-4,6-7H;1-4H,(H,8,9);2*1-5,7H;3*3,6H,1-2H3;4-5H,1-3H2;;;;;;;;/q6*-1;;;;;;;;;;2*+1;;;;/p-2. The van der Waals surface area contributed by atoms with Gasteiger partial charge in [0.1, 0.15) is 5.69 Å². The maximum absolute atomic E-state index is 13.2. The molecule has 4 N–H and O–H groups in total. The number of carboxylic acids is 1. The molecule has 17 rings (SSSR count). The molecule has 0 aliphatic heterocycles. The first-order valence-corrected chi connectivity index (χ1v) is 48.3. The Balaban J connectivity index is -0.000000744. The zero-order valence-electron chi connectivity index (χ0n) is 78.2. The summed E-state index contributed by atoms with van der Waals surface area (Å²) in [6.45, 7) is 16.7. The van der Waals surface area contributed by atoms with Crippen LogP contribution in [-0.4, -0.2) is 92.5 Å². The molecular formula is C112H103Au4F4N5O8P2Pt4S5-6. The maximum Gasteiger partial charge on any atom is 1.00 e. The van der Waals surface area contributed by atoms with Gasteiger partial charge in [-0.3, -0.25) is 31.9 Å². The molecule has 0 fully saturated rings. The second-order valence-corrected chi connectivity index (χ2v) is 36.1. The number of carbonyl (C=O) groups is 4. The SMILES string of the molecule is CC(=O)C=C(C)O.CC(=O)C=C(C)O.CC(=O)C=C(C)O.Fc1c[c-]c(-c2ccccn2)c(F)c1.Fc1c[c-]c(-c2ccccn2)c(F)c1.O=C(O)c1ccccn1.[Au+].[Au+].[Au].[Au].[CH2-]C[PH+](c1ccccc1)c1ccccc1.[CH2-]C[PH+](c1ccccc1)c1ccccc1.[Pt].[Pt].[Pt].[Pt].[S-]CCC[S-].[S-]c1ccccc1.[S-]c1ccccc1.[c-]1c(-c2ccccn2)sc2ccccc12.[c-]1cccc2ccc3cccnc3c12. The Morgan fingerprint density at radius 1 is 0.389 bits per heavy atom. The summed E-state index contributed by atoms with van der Waals surface area (Å²) >= 11 is 20.5. The number of aliphatic hydroxyl groups is 3. The van der Waals surface area contributed by atoms with Gasteiger partial charge in [0, 0.05) is 223 Å². The molecule has 0 aliphatic rings. The van der Waals surface area contributed by atoms with E-state index in [4.69, 9.17) is 45.7 Å². The van der Waals surface area contributed by atoms with E-state index in [0.717, 1.165) is 85.8 Å². The van der Waals surface area contributed by atoms with E-state index in [2.05, 4.69) is 252 Å². The number of halogens is 4. The van der Waals surface area contributed by atoms with E-state index in [1.54, 1.807) is 72.3 Å². The summed E-state index contributed by atoms with van der Waals surface area (Å²) < 4.78 is 52.9. The first-order valence-electron chi connectivity index (χ1n) is 42.1. The van der Waals surface area contributed by atoms with E-state index in [0.29, 0.717) is 11.4 Å². The van der Waals surface area contributed by atoms with E-state index < -0.39 is 45.1 Å². The molecule has 144 heavy (non-hydrogen) atoms. The van der Waals surface area contributed by atoms with Crippen LogP contribution in [0.4, 0.5) is 17.6 Å². The van der Waals surface area contributed by atoms with Gasteiger partial charge >= 0.3 is 50.7 Å². The van der Waals surface area contributed by atoms with Crippen LogP contribution in [0.2, 0.25) is 0 Å². The van der Waals surface area contributed by atoms with Crippen LogP contribution in [0.15, 0.2) is 422 Å². The second kappa shape index (κ2) is 86.1. The summed E-state index contributed by atoms with van der Waals surface area (Å²) in [5.41, 5.74) is 3.39. The maximum atomic E-state index is 13.2. The molecule has 0 unspecified atom stereocenters. The van der Waals surface area contributed by atoms with Crippen molar-refractivity contribution in [3.05, 3.63) is 479 Å². The van der Waals surface area contributed by atoms with Crippen LogP contribution < -0.4 is 21.2 Å². The predicted molar refractivity (Wildman–Crippen MR) is 566 cm³/mol. The van der Waals surface area contributed by atoms with Crippen LogP contribution in [0, 0.1) is 61.4 Å². The van der Waals surface area contributed by atoms with Crippen molar-refractivity contribution in [1.82, 2.24) is 24.9 Å². The summed E-state index contributed by atoms with van der Waals surface area (Å²) in [5.74, 6) is -2.10. The van der Waals surface area contributed by atoms with E-state index in [1.807, 2.05) is 116 Å². The molecule has 6 heterocycles. The van der Waals surface area contributed by atoms with Gasteiger partial charge in [-0.1, -0.05) is 248 Å². The Morgan fingerprint density at radius 3 is 1.00 bits per heavy atom. The summed E-state index contributed by atoms with van der Waals surface area (Å²) in [4.78, 5) is 63.3. The third-order valence-corrected chi connectivity index (χ3v) is 24.4. The minimum absolute atomic E-state index is 0. The third kappa shape index (κ3) is 60.6. The van der Waals surface area contributed by atoms with E-state index >= 15 is 0 Å². The van der Waals surface area contributed by atoms with Crippen LogP contribution in [0.25, 0.3) is 64.8 Å². The fourth-order valence-corrected chi connectivity index (χ4v) is 17.3. The summed E-state index contributed by atoms with van der Waals surface area (Å²) in [6, 6.07) is 121. The molecular weight excluding hydrogens is 3410 g/mol. The van der Waals surface area contributed by atoms with E-state index in [-0.39, 0.29) is 225 Å². The summed E-state index contributed by atoms with van der Waals surface area (Å²) in [5, 5.41) is 43.8. The van der Waals surface area contributed by atoms with Crippen molar-refractivity contribution < 1.29 is 231 Å². The number of benzene rings is 11. The van der Waals surface area contributed by atoms with Gasteiger partial charge in [0.15, 0.2) is 17.3 Å². The smallest absolute Gasteiger partial charge is 0.793 e. The Kier molecular flexibility index (Phi) is 85.1. The molecule has 2 radical (unpaired) electrons. The number of hydrogen-bond acceptors (Lipinski definition) is 17. The molecule has 0 bridgehead atoms. The third-order valence-electron chi connectivity index (χ3n) is 17.1. The van der Waals surface area contributed by atoms with Crippen LogP contribution in [0.3, 0.4) is 0 Å². The monoisotopic (exact) mass is 3510 g/mol. The fraction of sp³-hybridized carbons (Fsp3) is 0.0982. The molecule has 0 spiro atoms. The molecule has 6 aromatic heterocycles. The average molecular weight is 3510 g/mol. The summed E-state index contributed by atoms with van der Waals surface area (Å²) in [6.07, 6.45) is 14.7. The number of fused-ring (bicyclic) bond motifs is 4. The first-order chi connectivity index (χ1) is 65.6. The van der Waals surface area contributed by atoms with Gasteiger partial charge in [0.25, 0.3) is 0 Å². The van der Waals surface area contributed by atoms with Gasteiger partial charge in [-0.2, -0.15) is 21.3 Å². The van der Waals surface area contributed by atoms with Crippen molar-refractivity contribution >= 4 is 154 Å². The zero-order valence-corrected chi connectivity index (χ0v) is 102. The number of hydrogen-bond donors (Lipinski definition) is 4.